The molecule has 1 atom stereocenters. The highest BCUT2D eigenvalue weighted by Crippen LogP contribution is 2.66. The van der Waals surface area contributed by atoms with Crippen LogP contribution >= 0.6 is 0 Å². The normalized spacial score (nSPS) is 16.4. The number of hydrogen-bond acceptors (Lipinski definition) is 3. The van der Waals surface area contributed by atoms with Crippen LogP contribution in [0.1, 0.15) is 13.3 Å². The molecule has 0 rings (SSSR count). The van der Waals surface area contributed by atoms with Gasteiger partial charge in [-0.15, -0.1) is 0 Å². The molecule has 0 saturated carbocycles. The first-order valence-electron chi connectivity index (χ1n) is 10.8. The Bertz CT molecular complexity index is 1100. The van der Waals surface area contributed by atoms with Crippen LogP contribution in [0.15, 0.2) is 0 Å². The maximum absolute atomic E-state index is 14.4. The summed E-state index contributed by atoms with van der Waals surface area (Å²) in [5.41, 5.74) is 0. The monoisotopic (exact) mass is 722 g/mol. The fourth-order valence-electron chi connectivity index (χ4n) is 3.37. The van der Waals surface area contributed by atoms with Gasteiger partial charge < -0.3 is 14.3 Å². The van der Waals surface area contributed by atoms with Crippen LogP contribution in [0.25, 0.3) is 0 Å². The highest BCUT2D eigenvalue weighted by atomic mass is 19.4. The average Bonchev–Trinajstić information content (AvgIpc) is 2.74. The van der Waals surface area contributed by atoms with Crippen LogP contribution in [0.3, 0.4) is 0 Å². The van der Waals surface area contributed by atoms with Gasteiger partial charge in [0.25, 0.3) is 0 Å². The maximum Gasteiger partial charge on any atom is 0.460 e. The summed E-state index contributed by atoms with van der Waals surface area (Å²) in [5.74, 6) is -81.9. The van der Waals surface area contributed by atoms with Crippen molar-refractivity contribution in [3.63, 3.8) is 0 Å². The van der Waals surface area contributed by atoms with Gasteiger partial charge in [0.05, 0.1) is 20.5 Å². The number of carbonyl (C=O) groups is 2. The van der Waals surface area contributed by atoms with Crippen molar-refractivity contribution in [2.45, 2.75) is 78.9 Å². The summed E-state index contributed by atoms with van der Waals surface area (Å²) < 4.78 is 287. The van der Waals surface area contributed by atoms with Crippen molar-refractivity contribution in [1.29, 1.82) is 0 Å². The van der Waals surface area contributed by atoms with Gasteiger partial charge in [-0.05, 0) is 0 Å². The molecule has 0 amide bonds. The maximum atomic E-state index is 14.4. The van der Waals surface area contributed by atoms with Crippen molar-refractivity contribution >= 4 is 11.9 Å². The van der Waals surface area contributed by atoms with E-state index in [1.807, 2.05) is 0 Å². The molecule has 0 aliphatic heterocycles. The summed E-state index contributed by atoms with van der Waals surface area (Å²) in [7, 11) is 1.51. The molecule has 268 valence electrons. The molecular formula is C19H17F21NO4+. The first kappa shape index (κ1) is 42.4. The highest BCUT2D eigenvalue weighted by Gasteiger charge is 2.97. The Morgan fingerprint density at radius 2 is 0.867 bits per heavy atom. The van der Waals surface area contributed by atoms with Gasteiger partial charge in [0, 0.05) is 6.92 Å². The lowest BCUT2D eigenvalue weighted by atomic mass is 9.85. The van der Waals surface area contributed by atoms with Gasteiger partial charge in [0.1, 0.15) is 6.54 Å². The number of carboxylic acids is 1. The number of carboxylic acid groups (broad SMARTS) is 1. The minimum atomic E-state index is -9.28. The van der Waals surface area contributed by atoms with Gasteiger partial charge >= 0.3 is 71.4 Å². The van der Waals surface area contributed by atoms with Crippen molar-refractivity contribution in [3.05, 3.63) is 0 Å². The second-order valence-corrected chi connectivity index (χ2v) is 9.90. The van der Waals surface area contributed by atoms with Gasteiger partial charge in [-0.2, -0.15) is 92.2 Å². The molecule has 0 aromatic rings. The third kappa shape index (κ3) is 6.79. The van der Waals surface area contributed by atoms with E-state index in [4.69, 9.17) is 5.11 Å². The summed E-state index contributed by atoms with van der Waals surface area (Å²) in [6, 6.07) is 0. The molecule has 0 aliphatic rings. The minimum Gasteiger partial charge on any atom is -0.477 e. The van der Waals surface area contributed by atoms with Crippen LogP contribution in [0.2, 0.25) is 0 Å². The zero-order valence-corrected chi connectivity index (χ0v) is 21.8. The van der Waals surface area contributed by atoms with Crippen molar-refractivity contribution in [1.82, 2.24) is 0 Å². The molecule has 0 spiro atoms. The van der Waals surface area contributed by atoms with E-state index in [0.29, 0.717) is 6.92 Å². The zero-order valence-electron chi connectivity index (χ0n) is 21.8. The molecule has 0 aromatic heterocycles. The van der Waals surface area contributed by atoms with Crippen LogP contribution in [-0.4, -0.2) is 114 Å². The fraction of sp³-hybridized carbons (Fsp3) is 0.895. The van der Waals surface area contributed by atoms with E-state index in [0.717, 1.165) is 14.1 Å². The molecule has 5 nitrogen and oxygen atoms in total. The van der Waals surface area contributed by atoms with E-state index < -0.39 is 102 Å². The standard InChI is InChI=1S/C19H16F21NO4/c1-7(42)45-8(5-41(2,3)6-9(43)44)4-10(20,21)11(22,23)12(24,25)13(26,27)14(28,29)15(30,31)16(32,33)17(34,35)18(36,37)19(38,39)40/h8H,4-6H2,1-3H3/p+1. The topological polar surface area (TPSA) is 63.6 Å². The largest absolute Gasteiger partial charge is 0.477 e. The number of alkyl halides is 21. The predicted molar refractivity (Wildman–Crippen MR) is 100 cm³/mol. The van der Waals surface area contributed by atoms with Crippen molar-refractivity contribution in [2.75, 3.05) is 27.2 Å². The Morgan fingerprint density at radius 1 is 0.578 bits per heavy atom. The number of nitrogens with zero attached hydrogens (tertiary/aromatic N) is 1. The van der Waals surface area contributed by atoms with E-state index in [1.54, 1.807) is 0 Å². The highest BCUT2D eigenvalue weighted by molar-refractivity contribution is 5.68. The molecule has 0 saturated heterocycles. The lowest BCUT2D eigenvalue weighted by Gasteiger charge is -2.44. The predicted octanol–water partition coefficient (Wildman–Crippen LogP) is 6.75. The number of aliphatic carboxylic acids is 1. The lowest BCUT2D eigenvalue weighted by Crippen LogP contribution is -2.77. The average molecular weight is 722 g/mol. The first-order valence-corrected chi connectivity index (χ1v) is 10.8. The van der Waals surface area contributed by atoms with Crippen LogP contribution in [0, 0.1) is 0 Å². The van der Waals surface area contributed by atoms with Crippen LogP contribution in [-0.2, 0) is 14.3 Å². The molecule has 0 radical (unpaired) electrons. The van der Waals surface area contributed by atoms with E-state index >= 15 is 0 Å². The number of rotatable bonds is 15. The molecule has 1 unspecified atom stereocenters. The Kier molecular flexibility index (Phi) is 10.9. The number of halogens is 21. The molecule has 0 aromatic carbocycles. The van der Waals surface area contributed by atoms with E-state index in [-0.39, 0.29) is 0 Å². The Morgan fingerprint density at radius 3 is 1.13 bits per heavy atom. The SMILES string of the molecule is CC(=O)OC(CC(F)(F)C(F)(F)C(F)(F)C(F)(F)C(F)(F)C(F)(F)C(F)(F)C(F)(F)C(F)(F)C(F)(F)F)C[N+](C)(C)CC(=O)O. The Hall–Kier alpha value is -2.57. The number of likely N-dealkylation sites (N-methyl/N-ethyl adjacent to an activating group) is 1. The molecule has 0 fully saturated rings. The minimum absolute atomic E-state index is 0.310. The number of quaternary nitrogens is 1. The van der Waals surface area contributed by atoms with Crippen molar-refractivity contribution in [2.24, 2.45) is 0 Å². The number of ether oxygens (including phenoxy) is 1. The third-order valence-electron chi connectivity index (χ3n) is 5.65. The quantitative estimate of drug-likeness (QED) is 0.116. The van der Waals surface area contributed by atoms with Gasteiger partial charge in [-0.3, -0.25) is 4.79 Å². The summed E-state index contributed by atoms with van der Waals surface area (Å²) >= 11 is 0. The first-order chi connectivity index (χ1) is 19.2. The molecule has 0 aliphatic carbocycles. The Labute approximate surface area is 235 Å². The number of carbonyl (C=O) groups excluding carboxylic acids is 1. The molecule has 1 N–H and O–H groups in total. The molecule has 0 bridgehead atoms. The smallest absolute Gasteiger partial charge is 0.460 e. The van der Waals surface area contributed by atoms with Crippen LogP contribution in [0.5, 0.6) is 0 Å². The molecule has 0 heterocycles. The number of esters is 1. The van der Waals surface area contributed by atoms with Gasteiger partial charge in [-0.25, -0.2) is 4.79 Å². The summed E-state index contributed by atoms with van der Waals surface area (Å²) in [5, 5.41) is 8.73. The molecule has 26 heteroatoms. The summed E-state index contributed by atoms with van der Waals surface area (Å²) in [6.45, 7) is -2.27. The lowest BCUT2D eigenvalue weighted by molar-refractivity contribution is -0.886. The fourth-order valence-corrected chi connectivity index (χ4v) is 3.37. The Balaban J connectivity index is 7.05. The van der Waals surface area contributed by atoms with E-state index in [1.165, 1.54) is 0 Å². The third-order valence-corrected chi connectivity index (χ3v) is 5.65. The molecular weight excluding hydrogens is 705 g/mol. The van der Waals surface area contributed by atoms with Crippen LogP contribution < -0.4 is 0 Å². The van der Waals surface area contributed by atoms with Crippen molar-refractivity contribution < 1.29 is 116 Å². The zero-order chi connectivity index (χ0) is 37.1. The number of hydrogen-bond donors (Lipinski definition) is 1. The van der Waals surface area contributed by atoms with Gasteiger partial charge in [0.15, 0.2) is 12.6 Å². The molecule has 45 heavy (non-hydrogen) atoms. The van der Waals surface area contributed by atoms with Gasteiger partial charge in [0.2, 0.25) is 0 Å². The second kappa shape index (κ2) is 11.6. The van der Waals surface area contributed by atoms with Gasteiger partial charge in [-0.1, -0.05) is 0 Å². The second-order valence-electron chi connectivity index (χ2n) is 9.90. The van der Waals surface area contributed by atoms with E-state index in [2.05, 4.69) is 4.74 Å². The summed E-state index contributed by atoms with van der Waals surface area (Å²) in [6.07, 6.45) is -14.2. The summed E-state index contributed by atoms with van der Waals surface area (Å²) in [4.78, 5) is 21.9. The van der Waals surface area contributed by atoms with Crippen molar-refractivity contribution in [3.8, 4) is 0 Å². The van der Waals surface area contributed by atoms with E-state index in [9.17, 15) is 102 Å². The van der Waals surface area contributed by atoms with Crippen LogP contribution in [0.4, 0.5) is 92.2 Å².